The zero-order valence-corrected chi connectivity index (χ0v) is 12.3. The van der Waals surface area contributed by atoms with Gasteiger partial charge in [-0.15, -0.1) is 0 Å². The topological polar surface area (TPSA) is 15.3 Å². The van der Waals surface area contributed by atoms with E-state index in [-0.39, 0.29) is 0 Å². The molecule has 0 aromatic carbocycles. The molecule has 1 aliphatic rings. The zero-order chi connectivity index (χ0) is 12.7. The Morgan fingerprint density at radius 1 is 1.29 bits per heavy atom. The molecule has 1 aliphatic heterocycles. The number of rotatable bonds is 7. The second-order valence-electron chi connectivity index (χ2n) is 6.31. The van der Waals surface area contributed by atoms with Gasteiger partial charge in [0.2, 0.25) is 0 Å². The quantitative estimate of drug-likeness (QED) is 0.735. The van der Waals surface area contributed by atoms with Gasteiger partial charge in [-0.25, -0.2) is 0 Å². The van der Waals surface area contributed by atoms with Crippen LogP contribution in [-0.4, -0.2) is 37.6 Å². The molecule has 0 spiro atoms. The molecule has 1 fully saturated rings. The van der Waals surface area contributed by atoms with E-state index >= 15 is 0 Å². The number of hydrogen-bond donors (Lipinski definition) is 1. The van der Waals surface area contributed by atoms with E-state index in [0.717, 1.165) is 17.9 Å². The Morgan fingerprint density at radius 3 is 2.65 bits per heavy atom. The number of nitrogens with one attached hydrogen (secondary N) is 1. The van der Waals surface area contributed by atoms with Crippen LogP contribution in [0.3, 0.4) is 0 Å². The summed E-state index contributed by atoms with van der Waals surface area (Å²) in [4.78, 5) is 2.54. The maximum atomic E-state index is 3.51. The predicted molar refractivity (Wildman–Crippen MR) is 76.4 cm³/mol. The Kier molecular flexibility index (Phi) is 7.14. The lowest BCUT2D eigenvalue weighted by Gasteiger charge is -2.28. The molecule has 0 saturated carbocycles. The Labute approximate surface area is 108 Å². The van der Waals surface area contributed by atoms with E-state index < -0.39 is 0 Å². The van der Waals surface area contributed by atoms with Crippen molar-refractivity contribution in [3.8, 4) is 0 Å². The fourth-order valence-corrected chi connectivity index (χ4v) is 2.88. The van der Waals surface area contributed by atoms with Crippen molar-refractivity contribution < 1.29 is 0 Å². The molecule has 0 aromatic heterocycles. The lowest BCUT2D eigenvalue weighted by molar-refractivity contribution is 0.216. The SMILES string of the molecule is CC(C)CC(C)N(C)CCCC1CCCNC1. The van der Waals surface area contributed by atoms with Crippen LogP contribution in [0.2, 0.25) is 0 Å². The highest BCUT2D eigenvalue weighted by molar-refractivity contribution is 4.71. The van der Waals surface area contributed by atoms with Crippen LogP contribution in [0.1, 0.15) is 52.9 Å². The maximum Gasteiger partial charge on any atom is 0.00663 e. The molecule has 1 saturated heterocycles. The molecule has 2 heteroatoms. The molecule has 17 heavy (non-hydrogen) atoms. The minimum Gasteiger partial charge on any atom is -0.316 e. The smallest absolute Gasteiger partial charge is 0.00663 e. The van der Waals surface area contributed by atoms with Gasteiger partial charge < -0.3 is 10.2 Å². The molecule has 102 valence electrons. The van der Waals surface area contributed by atoms with Gasteiger partial charge in [-0.05, 0) is 77.5 Å². The van der Waals surface area contributed by atoms with E-state index in [0.29, 0.717) is 0 Å². The Morgan fingerprint density at radius 2 is 2.06 bits per heavy atom. The van der Waals surface area contributed by atoms with E-state index in [1.54, 1.807) is 0 Å². The molecule has 1 heterocycles. The summed E-state index contributed by atoms with van der Waals surface area (Å²) in [6.45, 7) is 10.8. The molecule has 0 aromatic rings. The monoisotopic (exact) mass is 240 g/mol. The molecule has 1 N–H and O–H groups in total. The van der Waals surface area contributed by atoms with E-state index in [1.165, 1.54) is 51.7 Å². The van der Waals surface area contributed by atoms with Gasteiger partial charge in [0.15, 0.2) is 0 Å². The van der Waals surface area contributed by atoms with Gasteiger partial charge in [0.25, 0.3) is 0 Å². The molecule has 1 rings (SSSR count). The molecule has 0 aliphatic carbocycles. The van der Waals surface area contributed by atoms with Crippen LogP contribution < -0.4 is 5.32 Å². The summed E-state index contributed by atoms with van der Waals surface area (Å²) in [5.74, 6) is 1.76. The van der Waals surface area contributed by atoms with Gasteiger partial charge >= 0.3 is 0 Å². The van der Waals surface area contributed by atoms with Crippen LogP contribution in [0.15, 0.2) is 0 Å². The van der Waals surface area contributed by atoms with Crippen molar-refractivity contribution in [3.63, 3.8) is 0 Å². The van der Waals surface area contributed by atoms with Gasteiger partial charge in [-0.3, -0.25) is 0 Å². The molecule has 2 atom stereocenters. The Balaban J connectivity index is 2.08. The Hall–Kier alpha value is -0.0800. The van der Waals surface area contributed by atoms with Crippen LogP contribution in [0.4, 0.5) is 0 Å². The standard InChI is InChI=1S/C15H32N2/c1-13(2)11-14(3)17(4)10-6-8-15-7-5-9-16-12-15/h13-16H,5-12H2,1-4H3. The van der Waals surface area contributed by atoms with Gasteiger partial charge in [0.1, 0.15) is 0 Å². The number of hydrogen-bond acceptors (Lipinski definition) is 2. The number of piperidine rings is 1. The summed E-state index contributed by atoms with van der Waals surface area (Å²) in [6.07, 6.45) is 6.92. The third-order valence-corrected chi connectivity index (χ3v) is 4.09. The third kappa shape index (κ3) is 6.42. The third-order valence-electron chi connectivity index (χ3n) is 4.09. The van der Waals surface area contributed by atoms with Crippen molar-refractivity contribution in [2.75, 3.05) is 26.7 Å². The fourth-order valence-electron chi connectivity index (χ4n) is 2.88. The van der Waals surface area contributed by atoms with E-state index in [9.17, 15) is 0 Å². The van der Waals surface area contributed by atoms with Gasteiger partial charge in [-0.2, -0.15) is 0 Å². The molecule has 2 unspecified atom stereocenters. The van der Waals surface area contributed by atoms with Crippen molar-refractivity contribution >= 4 is 0 Å². The van der Waals surface area contributed by atoms with Crippen molar-refractivity contribution in [1.29, 1.82) is 0 Å². The van der Waals surface area contributed by atoms with Crippen molar-refractivity contribution in [2.24, 2.45) is 11.8 Å². The highest BCUT2D eigenvalue weighted by Gasteiger charge is 2.14. The average Bonchev–Trinajstić information content (AvgIpc) is 2.29. The van der Waals surface area contributed by atoms with E-state index in [1.807, 2.05) is 0 Å². The van der Waals surface area contributed by atoms with Crippen LogP contribution in [0.25, 0.3) is 0 Å². The second-order valence-corrected chi connectivity index (χ2v) is 6.31. The molecular formula is C15H32N2. The molecular weight excluding hydrogens is 208 g/mol. The first-order chi connectivity index (χ1) is 8.09. The first-order valence-corrected chi connectivity index (χ1v) is 7.50. The molecule has 0 bridgehead atoms. The summed E-state index contributed by atoms with van der Waals surface area (Å²) in [7, 11) is 2.28. The molecule has 0 amide bonds. The van der Waals surface area contributed by atoms with Crippen molar-refractivity contribution in [3.05, 3.63) is 0 Å². The van der Waals surface area contributed by atoms with E-state index in [2.05, 4.69) is 38.0 Å². The number of nitrogens with zero attached hydrogens (tertiary/aromatic N) is 1. The summed E-state index contributed by atoms with van der Waals surface area (Å²) in [5, 5.41) is 3.51. The molecule has 2 nitrogen and oxygen atoms in total. The fraction of sp³-hybridized carbons (Fsp3) is 1.00. The highest BCUT2D eigenvalue weighted by atomic mass is 15.1. The van der Waals surface area contributed by atoms with Crippen molar-refractivity contribution in [2.45, 2.75) is 58.9 Å². The van der Waals surface area contributed by atoms with Gasteiger partial charge in [0.05, 0.1) is 0 Å². The normalized spacial score (nSPS) is 23.3. The highest BCUT2D eigenvalue weighted by Crippen LogP contribution is 2.17. The first-order valence-electron chi connectivity index (χ1n) is 7.50. The van der Waals surface area contributed by atoms with Gasteiger partial charge in [0, 0.05) is 6.04 Å². The predicted octanol–water partition coefficient (Wildman–Crippen LogP) is 3.13. The van der Waals surface area contributed by atoms with E-state index in [4.69, 9.17) is 0 Å². The maximum absolute atomic E-state index is 3.51. The van der Waals surface area contributed by atoms with Crippen LogP contribution in [-0.2, 0) is 0 Å². The summed E-state index contributed by atoms with van der Waals surface area (Å²) >= 11 is 0. The van der Waals surface area contributed by atoms with Crippen LogP contribution in [0, 0.1) is 11.8 Å². The average molecular weight is 240 g/mol. The van der Waals surface area contributed by atoms with Crippen LogP contribution in [0.5, 0.6) is 0 Å². The zero-order valence-electron chi connectivity index (χ0n) is 12.3. The lowest BCUT2D eigenvalue weighted by atomic mass is 9.94. The summed E-state index contributed by atoms with van der Waals surface area (Å²) in [6, 6.07) is 0.736. The summed E-state index contributed by atoms with van der Waals surface area (Å²) < 4.78 is 0. The van der Waals surface area contributed by atoms with Crippen LogP contribution >= 0.6 is 0 Å². The second kappa shape index (κ2) is 8.10. The first kappa shape index (κ1) is 15.0. The minimum absolute atomic E-state index is 0.736. The lowest BCUT2D eigenvalue weighted by Crippen LogP contribution is -2.33. The largest absolute Gasteiger partial charge is 0.316 e. The minimum atomic E-state index is 0.736. The molecule has 0 radical (unpaired) electrons. The summed E-state index contributed by atoms with van der Waals surface area (Å²) in [5.41, 5.74) is 0. The Bertz CT molecular complexity index is 185. The van der Waals surface area contributed by atoms with Gasteiger partial charge in [-0.1, -0.05) is 13.8 Å². The van der Waals surface area contributed by atoms with Crippen molar-refractivity contribution in [1.82, 2.24) is 10.2 Å².